The van der Waals surface area contributed by atoms with Crippen LogP contribution in [0.25, 0.3) is 4.96 Å². The Balaban J connectivity index is 2.29. The Labute approximate surface area is 149 Å². The van der Waals surface area contributed by atoms with Crippen LogP contribution in [0.5, 0.6) is 0 Å². The molecule has 1 amide bonds. The molecule has 0 saturated carbocycles. The third-order valence-corrected chi connectivity index (χ3v) is 5.12. The van der Waals surface area contributed by atoms with E-state index >= 15 is 0 Å². The van der Waals surface area contributed by atoms with Gasteiger partial charge in [-0.05, 0) is 32.1 Å². The Kier molecular flexibility index (Phi) is 5.31. The lowest BCUT2D eigenvalue weighted by atomic mass is 9.88. The molecule has 0 aromatic carbocycles. The third-order valence-electron chi connectivity index (χ3n) is 4.05. The van der Waals surface area contributed by atoms with Crippen LogP contribution in [0.2, 0.25) is 0 Å². The number of carboxylic acids is 1. The van der Waals surface area contributed by atoms with Crippen molar-refractivity contribution in [3.05, 3.63) is 32.7 Å². The van der Waals surface area contributed by atoms with Crippen molar-refractivity contribution in [2.75, 3.05) is 0 Å². The minimum Gasteiger partial charge on any atom is -0.480 e. The second-order valence-electron chi connectivity index (χ2n) is 7.30. The second-order valence-corrected chi connectivity index (χ2v) is 8.48. The van der Waals surface area contributed by atoms with Crippen LogP contribution < -0.4 is 10.9 Å². The molecule has 0 spiro atoms. The van der Waals surface area contributed by atoms with Gasteiger partial charge in [0.15, 0.2) is 4.96 Å². The fourth-order valence-electron chi connectivity index (χ4n) is 2.40. The van der Waals surface area contributed by atoms with E-state index in [0.717, 1.165) is 10.6 Å². The van der Waals surface area contributed by atoms with E-state index in [1.54, 1.807) is 6.92 Å². The number of carbonyl (C=O) groups is 2. The van der Waals surface area contributed by atoms with Crippen molar-refractivity contribution in [3.63, 3.8) is 0 Å². The van der Waals surface area contributed by atoms with Crippen LogP contribution in [-0.2, 0) is 4.79 Å². The van der Waals surface area contributed by atoms with E-state index in [2.05, 4.69) is 10.3 Å². The van der Waals surface area contributed by atoms with Crippen LogP contribution in [0.1, 0.15) is 54.5 Å². The van der Waals surface area contributed by atoms with Crippen molar-refractivity contribution in [1.29, 1.82) is 0 Å². The standard InChI is InChI=1S/C17H23N3O4S/c1-9-10(2)25-16-18-8-11(14(22)20(9)16)13(21)19-12(15(23)24)6-7-17(3,4)5/h8,12H,6-7H2,1-5H3,(H,19,21)(H,23,24). The molecule has 0 bridgehead atoms. The number of carboxylic acid groups (broad SMARTS) is 1. The average Bonchev–Trinajstić information content (AvgIpc) is 2.78. The summed E-state index contributed by atoms with van der Waals surface area (Å²) in [7, 11) is 0. The van der Waals surface area contributed by atoms with Crippen molar-refractivity contribution in [2.24, 2.45) is 5.41 Å². The summed E-state index contributed by atoms with van der Waals surface area (Å²) in [5.74, 6) is -1.83. The lowest BCUT2D eigenvalue weighted by molar-refractivity contribution is -0.139. The minimum atomic E-state index is -1.12. The molecule has 1 atom stereocenters. The van der Waals surface area contributed by atoms with Gasteiger partial charge in [-0.25, -0.2) is 9.78 Å². The molecule has 0 saturated heterocycles. The van der Waals surface area contributed by atoms with Gasteiger partial charge in [0, 0.05) is 16.8 Å². The van der Waals surface area contributed by atoms with Crippen molar-refractivity contribution < 1.29 is 14.7 Å². The highest BCUT2D eigenvalue weighted by atomic mass is 32.1. The molecule has 0 aliphatic rings. The van der Waals surface area contributed by atoms with Gasteiger partial charge >= 0.3 is 5.97 Å². The Morgan fingerprint density at radius 1 is 1.36 bits per heavy atom. The molecule has 2 aromatic rings. The van der Waals surface area contributed by atoms with E-state index in [-0.39, 0.29) is 17.4 Å². The number of aryl methyl sites for hydroxylation is 2. The smallest absolute Gasteiger partial charge is 0.326 e. The van der Waals surface area contributed by atoms with Gasteiger partial charge in [-0.1, -0.05) is 20.8 Å². The number of hydrogen-bond acceptors (Lipinski definition) is 5. The lowest BCUT2D eigenvalue weighted by Crippen LogP contribution is -2.43. The largest absolute Gasteiger partial charge is 0.480 e. The van der Waals surface area contributed by atoms with Crippen LogP contribution in [0.3, 0.4) is 0 Å². The number of rotatable bonds is 5. The Morgan fingerprint density at radius 3 is 2.56 bits per heavy atom. The van der Waals surface area contributed by atoms with Gasteiger partial charge < -0.3 is 10.4 Å². The first-order chi connectivity index (χ1) is 11.5. The van der Waals surface area contributed by atoms with Crippen molar-refractivity contribution in [2.45, 2.75) is 53.5 Å². The molecule has 25 heavy (non-hydrogen) atoms. The number of amides is 1. The molecule has 2 N–H and O–H groups in total. The van der Waals surface area contributed by atoms with Crippen molar-refractivity contribution >= 4 is 28.2 Å². The van der Waals surface area contributed by atoms with Crippen LogP contribution in [-0.4, -0.2) is 32.4 Å². The van der Waals surface area contributed by atoms with Gasteiger partial charge in [-0.3, -0.25) is 14.0 Å². The average molecular weight is 365 g/mol. The number of carbonyl (C=O) groups excluding carboxylic acids is 1. The fraction of sp³-hybridized carbons (Fsp3) is 0.529. The molecule has 0 fully saturated rings. The molecule has 0 aliphatic carbocycles. The van der Waals surface area contributed by atoms with Gasteiger partial charge in [-0.15, -0.1) is 11.3 Å². The highest BCUT2D eigenvalue weighted by Crippen LogP contribution is 2.22. The summed E-state index contributed by atoms with van der Waals surface area (Å²) in [4.78, 5) is 42.1. The first-order valence-electron chi connectivity index (χ1n) is 8.02. The number of nitrogens with one attached hydrogen (secondary N) is 1. The molecule has 0 radical (unpaired) electrons. The first kappa shape index (κ1) is 19.1. The molecular formula is C17H23N3O4S. The fourth-order valence-corrected chi connectivity index (χ4v) is 3.33. The van der Waals surface area contributed by atoms with Gasteiger partial charge in [0.05, 0.1) is 0 Å². The van der Waals surface area contributed by atoms with Crippen LogP contribution in [0.15, 0.2) is 11.0 Å². The maximum Gasteiger partial charge on any atom is 0.326 e. The first-order valence-corrected chi connectivity index (χ1v) is 8.84. The van der Waals surface area contributed by atoms with Crippen molar-refractivity contribution in [3.8, 4) is 0 Å². The van der Waals surface area contributed by atoms with Gasteiger partial charge in [0.2, 0.25) is 0 Å². The molecule has 1 unspecified atom stereocenters. The summed E-state index contributed by atoms with van der Waals surface area (Å²) in [6, 6.07) is -1.04. The summed E-state index contributed by atoms with van der Waals surface area (Å²) in [5.41, 5.74) is 0.0448. The topological polar surface area (TPSA) is 101 Å². The number of nitrogens with zero attached hydrogens (tertiary/aromatic N) is 2. The number of aromatic nitrogens is 2. The highest BCUT2D eigenvalue weighted by Gasteiger charge is 2.25. The maximum absolute atomic E-state index is 12.6. The second kappa shape index (κ2) is 6.95. The predicted molar refractivity (Wildman–Crippen MR) is 96.4 cm³/mol. The number of hydrogen-bond donors (Lipinski definition) is 2. The maximum atomic E-state index is 12.6. The lowest BCUT2D eigenvalue weighted by Gasteiger charge is -2.21. The summed E-state index contributed by atoms with van der Waals surface area (Å²) in [5, 5.41) is 11.8. The normalized spacial score (nSPS) is 13.0. The van der Waals surface area contributed by atoms with Crippen molar-refractivity contribution in [1.82, 2.24) is 14.7 Å². The van der Waals surface area contributed by atoms with Crippen LogP contribution in [0, 0.1) is 19.3 Å². The summed E-state index contributed by atoms with van der Waals surface area (Å²) < 4.78 is 1.39. The monoisotopic (exact) mass is 365 g/mol. The van der Waals surface area contributed by atoms with Gasteiger partial charge in [0.25, 0.3) is 11.5 Å². The van der Waals surface area contributed by atoms with Gasteiger partial charge in [0.1, 0.15) is 11.6 Å². The Morgan fingerprint density at radius 2 is 2.00 bits per heavy atom. The molecule has 2 rings (SSSR count). The van der Waals surface area contributed by atoms with E-state index in [0.29, 0.717) is 11.4 Å². The number of aliphatic carboxylic acids is 1. The highest BCUT2D eigenvalue weighted by molar-refractivity contribution is 7.17. The summed E-state index contributed by atoms with van der Waals surface area (Å²) >= 11 is 1.37. The van der Waals surface area contributed by atoms with Gasteiger partial charge in [-0.2, -0.15) is 0 Å². The Hall–Kier alpha value is -2.22. The zero-order chi connectivity index (χ0) is 18.9. The summed E-state index contributed by atoms with van der Waals surface area (Å²) in [6.45, 7) is 9.66. The predicted octanol–water partition coefficient (Wildman–Crippen LogP) is 2.38. The van der Waals surface area contributed by atoms with E-state index in [4.69, 9.17) is 0 Å². The number of thiazole rings is 1. The zero-order valence-corrected chi connectivity index (χ0v) is 15.9. The molecular weight excluding hydrogens is 342 g/mol. The van der Waals surface area contributed by atoms with Crippen LogP contribution in [0.4, 0.5) is 0 Å². The van der Waals surface area contributed by atoms with E-state index in [9.17, 15) is 19.5 Å². The SMILES string of the molecule is Cc1sc2ncc(C(=O)NC(CCC(C)(C)C)C(=O)O)c(=O)n2c1C. The Bertz CT molecular complexity index is 876. The van der Waals surface area contributed by atoms with Crippen LogP contribution >= 0.6 is 11.3 Å². The third kappa shape index (κ3) is 4.25. The molecule has 0 aliphatic heterocycles. The quantitative estimate of drug-likeness (QED) is 0.847. The molecule has 7 nitrogen and oxygen atoms in total. The molecule has 2 heterocycles. The molecule has 2 aromatic heterocycles. The van der Waals surface area contributed by atoms with E-state index in [1.807, 2.05) is 27.7 Å². The zero-order valence-electron chi connectivity index (χ0n) is 15.0. The number of fused-ring (bicyclic) bond motifs is 1. The van der Waals surface area contributed by atoms with E-state index in [1.165, 1.54) is 21.9 Å². The molecule has 8 heteroatoms. The molecule has 136 valence electrons. The minimum absolute atomic E-state index is 0.0518. The van der Waals surface area contributed by atoms with E-state index < -0.39 is 23.5 Å². The summed E-state index contributed by atoms with van der Waals surface area (Å²) in [6.07, 6.45) is 2.13.